The van der Waals surface area contributed by atoms with Crippen molar-refractivity contribution in [3.05, 3.63) is 0 Å². The van der Waals surface area contributed by atoms with E-state index in [1.807, 2.05) is 0 Å². The predicted molar refractivity (Wildman–Crippen MR) is 165 cm³/mol. The maximum atomic E-state index is 8.47. The summed E-state index contributed by atoms with van der Waals surface area (Å²) in [6, 6.07) is 0. The van der Waals surface area contributed by atoms with Gasteiger partial charge in [0, 0.05) is 0 Å². The van der Waals surface area contributed by atoms with Crippen LogP contribution >= 0.6 is 22.2 Å². The third kappa shape index (κ3) is 4.29. The fourth-order valence-corrected chi connectivity index (χ4v) is 131. The van der Waals surface area contributed by atoms with Crippen molar-refractivity contribution in [3.63, 3.8) is 0 Å². The molecule has 0 radical (unpaired) electrons. The lowest BCUT2D eigenvalue weighted by Crippen LogP contribution is -2.89. The summed E-state index contributed by atoms with van der Waals surface area (Å²) in [7, 11) is -4.48. The topological polar surface area (TPSA) is 0 Å². The van der Waals surface area contributed by atoms with E-state index < -0.39 is 28.0 Å². The van der Waals surface area contributed by atoms with Crippen LogP contribution in [0.25, 0.3) is 0 Å². The van der Waals surface area contributed by atoms with Crippen LogP contribution < -0.4 is 0 Å². The van der Waals surface area contributed by atoms with Crippen molar-refractivity contribution in [2.75, 3.05) is 0 Å². The van der Waals surface area contributed by atoms with Crippen molar-refractivity contribution in [2.45, 2.75) is 168 Å². The van der Waals surface area contributed by atoms with Crippen LogP contribution in [0.3, 0.4) is 0 Å². The Morgan fingerprint density at radius 2 is 0.406 bits per heavy atom. The largest absolute Gasteiger partial charge is 0.173 e. The normalized spacial score (nSPS) is 20.1. The second-order valence-electron chi connectivity index (χ2n) is 17.0. The minimum atomic E-state index is -2.50. The van der Waals surface area contributed by atoms with E-state index in [4.69, 9.17) is 22.2 Å². The van der Waals surface area contributed by atoms with Crippen molar-refractivity contribution in [3.8, 4) is 0 Å². The van der Waals surface area contributed by atoms with E-state index in [1.54, 1.807) is 0 Å². The van der Waals surface area contributed by atoms with Crippen LogP contribution in [0, 0.1) is 0 Å². The summed E-state index contributed by atoms with van der Waals surface area (Å²) in [6.07, 6.45) is -5.01. The molecule has 0 spiro atoms. The van der Waals surface area contributed by atoms with Gasteiger partial charge in [0.1, 0.15) is 0 Å². The fraction of sp³-hybridized carbons (Fsp3) is 1.00. The molecule has 0 aliphatic carbocycles. The van der Waals surface area contributed by atoms with Crippen molar-refractivity contribution >= 4 is 50.2 Å². The third-order valence-electron chi connectivity index (χ3n) is 9.04. The minimum Gasteiger partial charge on any atom is -0.173 e. The molecular formula is C26H60Cl2Si4. The van der Waals surface area contributed by atoms with Gasteiger partial charge in [-0.1, -0.05) is 138 Å². The molecule has 0 aliphatic heterocycles. The Morgan fingerprint density at radius 3 is 0.469 bits per heavy atom. The monoisotopic (exact) mass is 554 g/mol. The summed E-state index contributed by atoms with van der Waals surface area (Å²) in [5.74, 6) is 0. The van der Waals surface area contributed by atoms with Gasteiger partial charge in [-0.05, 0) is 30.2 Å². The molecule has 0 saturated heterocycles. The van der Waals surface area contributed by atoms with E-state index in [9.17, 15) is 0 Å². The highest BCUT2D eigenvalue weighted by Crippen LogP contribution is 2.73. The number of halogens is 2. The maximum Gasteiger partial charge on any atom is 0.152 e. The van der Waals surface area contributed by atoms with Gasteiger partial charge in [-0.25, -0.2) is 0 Å². The second-order valence-corrected chi connectivity index (χ2v) is 60.9. The SMILES string of the molecule is CC(C)(C)[Si](C(C)(C)C)(C(C)(C)C)[Si](C)(Cl)[Si](C)(Cl)[Si](C(C)(C)C)(C(C)(C)C)C(C)(C)C. The van der Waals surface area contributed by atoms with Crippen LogP contribution in [0.5, 0.6) is 0 Å². The Kier molecular flexibility index (Phi) is 8.88. The molecule has 6 heteroatoms. The molecule has 0 bridgehead atoms. The zero-order chi connectivity index (χ0) is 27.0. The smallest absolute Gasteiger partial charge is 0.152 e. The van der Waals surface area contributed by atoms with Crippen LogP contribution in [0.4, 0.5) is 0 Å². The Bertz CT molecular complexity index is 535. The molecule has 0 N–H and O–H groups in total. The molecule has 2 atom stereocenters. The zero-order valence-electron chi connectivity index (χ0n) is 25.8. The Labute approximate surface area is 217 Å². The highest BCUT2D eigenvalue weighted by Gasteiger charge is 2.82. The van der Waals surface area contributed by atoms with E-state index in [0.717, 1.165) is 0 Å². The molecule has 0 aliphatic rings. The van der Waals surface area contributed by atoms with Gasteiger partial charge in [0.05, 0.1) is 15.2 Å². The Hall–Kier alpha value is 1.45. The van der Waals surface area contributed by atoms with Crippen LogP contribution in [0.15, 0.2) is 0 Å². The Morgan fingerprint density at radius 1 is 0.312 bits per heavy atom. The minimum absolute atomic E-state index is 0.156. The molecular weight excluding hydrogens is 496 g/mol. The molecule has 0 nitrogen and oxygen atoms in total. The first-order valence-corrected chi connectivity index (χ1v) is 26.7. The number of hydrogen-bond donors (Lipinski definition) is 0. The van der Waals surface area contributed by atoms with Crippen molar-refractivity contribution in [2.24, 2.45) is 0 Å². The molecule has 0 saturated carbocycles. The summed E-state index contributed by atoms with van der Waals surface area (Å²) in [5, 5.41) is 0.936. The number of hydrogen-bond acceptors (Lipinski definition) is 0. The lowest BCUT2D eigenvalue weighted by molar-refractivity contribution is 0.550. The lowest BCUT2D eigenvalue weighted by Gasteiger charge is -2.73. The maximum absolute atomic E-state index is 8.47. The highest BCUT2D eigenvalue weighted by molar-refractivity contribution is 8.02. The highest BCUT2D eigenvalue weighted by atomic mass is 35.6. The van der Waals surface area contributed by atoms with Gasteiger partial charge in [0.25, 0.3) is 0 Å². The van der Waals surface area contributed by atoms with Crippen LogP contribution in [0.1, 0.15) is 125 Å². The van der Waals surface area contributed by atoms with Gasteiger partial charge in [-0.2, -0.15) is 22.2 Å². The van der Waals surface area contributed by atoms with E-state index >= 15 is 0 Å². The standard InChI is InChI=1S/C26H60Cl2Si4/c1-21(2,3)31(22(4,5)6,23(7,8)9)29(19,27)30(20,28)32(24(10,11)12,25(13,14)15)26(16,17)18/h1-20H3. The zero-order valence-corrected chi connectivity index (χ0v) is 31.3. The molecule has 0 aromatic carbocycles. The van der Waals surface area contributed by atoms with Crippen LogP contribution in [-0.4, -0.2) is 28.0 Å². The van der Waals surface area contributed by atoms with Gasteiger partial charge >= 0.3 is 0 Å². The molecule has 0 heterocycles. The summed E-state index contributed by atoms with van der Waals surface area (Å²) in [4.78, 5) is 0. The first kappa shape index (κ1) is 33.4. The van der Waals surface area contributed by atoms with Crippen molar-refractivity contribution in [1.82, 2.24) is 0 Å². The number of rotatable bonds is 3. The van der Waals surface area contributed by atoms with E-state index in [0.29, 0.717) is 0 Å². The summed E-state index contributed by atoms with van der Waals surface area (Å²) >= 11 is 16.9. The predicted octanol–water partition coefficient (Wildman–Crippen LogP) is 11.5. The first-order chi connectivity index (χ1) is 13.2. The van der Waals surface area contributed by atoms with Crippen molar-refractivity contribution < 1.29 is 0 Å². The molecule has 194 valence electrons. The third-order valence-corrected chi connectivity index (χ3v) is 88.0. The molecule has 0 rings (SSSR count). The van der Waals surface area contributed by atoms with Gasteiger partial charge < -0.3 is 0 Å². The van der Waals surface area contributed by atoms with Gasteiger partial charge in [-0.15, -0.1) is 0 Å². The summed E-state index contributed by atoms with van der Waals surface area (Å²) in [6.45, 7) is 50.1. The van der Waals surface area contributed by atoms with Gasteiger partial charge in [-0.3, -0.25) is 0 Å². The summed E-state index contributed by atoms with van der Waals surface area (Å²) in [5.41, 5.74) is 0. The quantitative estimate of drug-likeness (QED) is 0.240. The Balaban J connectivity index is 8.24. The van der Waals surface area contributed by atoms with Gasteiger partial charge in [0.2, 0.25) is 0 Å². The lowest BCUT2D eigenvalue weighted by atomic mass is 10.2. The first-order valence-electron chi connectivity index (χ1n) is 12.6. The summed E-state index contributed by atoms with van der Waals surface area (Å²) < 4.78 is 0. The molecule has 32 heavy (non-hydrogen) atoms. The van der Waals surface area contributed by atoms with E-state index in [-0.39, 0.29) is 30.2 Å². The average molecular weight is 556 g/mol. The fourth-order valence-electron chi connectivity index (χ4n) is 11.7. The second kappa shape index (κ2) is 8.50. The average Bonchev–Trinajstić information content (AvgIpc) is 2.25. The van der Waals surface area contributed by atoms with E-state index in [1.165, 1.54) is 0 Å². The van der Waals surface area contributed by atoms with Gasteiger partial charge in [0.15, 0.2) is 12.8 Å². The molecule has 0 aromatic rings. The molecule has 0 fully saturated rings. The van der Waals surface area contributed by atoms with Crippen LogP contribution in [0.2, 0.25) is 43.3 Å². The van der Waals surface area contributed by atoms with E-state index in [2.05, 4.69) is 138 Å². The van der Waals surface area contributed by atoms with Crippen LogP contribution in [-0.2, 0) is 0 Å². The van der Waals surface area contributed by atoms with Crippen molar-refractivity contribution in [1.29, 1.82) is 0 Å². The molecule has 0 amide bonds. The molecule has 0 aromatic heterocycles. The molecule has 2 unspecified atom stereocenters.